The first-order valence-electron chi connectivity index (χ1n) is 9.15. The van der Waals surface area contributed by atoms with E-state index in [0.29, 0.717) is 26.9 Å². The molecule has 1 unspecified atom stereocenters. The number of rotatable bonds is 4. The molecule has 0 radical (unpaired) electrons. The normalized spacial score (nSPS) is 18.1. The van der Waals surface area contributed by atoms with Gasteiger partial charge in [-0.25, -0.2) is 0 Å². The van der Waals surface area contributed by atoms with Crippen molar-refractivity contribution < 1.29 is 14.7 Å². The lowest BCUT2D eigenvalue weighted by Crippen LogP contribution is -2.29. The highest BCUT2D eigenvalue weighted by molar-refractivity contribution is 6.46. The van der Waals surface area contributed by atoms with Crippen LogP contribution < -0.4 is 0 Å². The van der Waals surface area contributed by atoms with Gasteiger partial charge < -0.3 is 10.0 Å². The fourth-order valence-corrected chi connectivity index (χ4v) is 3.72. The van der Waals surface area contributed by atoms with Gasteiger partial charge in [0.25, 0.3) is 11.7 Å². The van der Waals surface area contributed by atoms with Crippen LogP contribution in [0.25, 0.3) is 5.76 Å². The highest BCUT2D eigenvalue weighted by Crippen LogP contribution is 2.40. The van der Waals surface area contributed by atoms with E-state index in [0.717, 1.165) is 0 Å². The van der Waals surface area contributed by atoms with Crippen molar-refractivity contribution >= 4 is 40.7 Å². The van der Waals surface area contributed by atoms with Gasteiger partial charge in [-0.2, -0.15) is 0 Å². The number of halogens is 2. The number of aliphatic hydroxyl groups is 1. The number of ketones is 1. The second-order valence-corrected chi connectivity index (χ2v) is 7.68. The van der Waals surface area contributed by atoms with E-state index < -0.39 is 17.7 Å². The van der Waals surface area contributed by atoms with Crippen molar-refractivity contribution in [2.24, 2.45) is 0 Å². The lowest BCUT2D eigenvalue weighted by molar-refractivity contribution is -0.140. The van der Waals surface area contributed by atoms with Gasteiger partial charge in [0.2, 0.25) is 0 Å². The molecular weight excluding hydrogens is 423 g/mol. The number of amides is 1. The Bertz CT molecular complexity index is 1130. The molecule has 1 aliphatic rings. The number of benzene rings is 2. The lowest BCUT2D eigenvalue weighted by atomic mass is 9.95. The number of likely N-dealkylation sites (tertiary alicyclic amines) is 1. The molecule has 1 aliphatic heterocycles. The van der Waals surface area contributed by atoms with Crippen LogP contribution in [-0.2, 0) is 16.1 Å². The molecule has 2 aromatic carbocycles. The summed E-state index contributed by atoms with van der Waals surface area (Å²) in [6, 6.07) is 17.8. The van der Waals surface area contributed by atoms with E-state index in [4.69, 9.17) is 23.2 Å². The van der Waals surface area contributed by atoms with Gasteiger partial charge in [0, 0.05) is 21.8 Å². The number of carbonyl (C=O) groups excluding carboxylic acids is 2. The molecule has 1 N–H and O–H groups in total. The highest BCUT2D eigenvalue weighted by Gasteiger charge is 2.46. The Morgan fingerprint density at radius 3 is 2.17 bits per heavy atom. The molecule has 1 fully saturated rings. The maximum absolute atomic E-state index is 13.0. The molecule has 1 atom stereocenters. The Morgan fingerprint density at radius 1 is 0.933 bits per heavy atom. The van der Waals surface area contributed by atoms with E-state index >= 15 is 0 Å². The molecule has 30 heavy (non-hydrogen) atoms. The molecule has 2 heterocycles. The van der Waals surface area contributed by atoms with E-state index in [9.17, 15) is 14.7 Å². The van der Waals surface area contributed by atoms with E-state index in [-0.39, 0.29) is 17.9 Å². The summed E-state index contributed by atoms with van der Waals surface area (Å²) in [5.74, 6) is -1.71. The van der Waals surface area contributed by atoms with Crippen molar-refractivity contribution in [3.8, 4) is 0 Å². The van der Waals surface area contributed by atoms with Gasteiger partial charge in [-0.15, -0.1) is 0 Å². The zero-order valence-electron chi connectivity index (χ0n) is 15.6. The van der Waals surface area contributed by atoms with E-state index in [1.54, 1.807) is 66.9 Å². The van der Waals surface area contributed by atoms with Crippen molar-refractivity contribution in [1.82, 2.24) is 9.88 Å². The summed E-state index contributed by atoms with van der Waals surface area (Å²) in [6.45, 7) is 0.121. The first kappa shape index (κ1) is 20.1. The SMILES string of the molecule is O=C1C(=O)N(Cc2ccccn2)C(c2ccc(Cl)cc2)/C1=C(\O)c1ccc(Cl)cc1. The topological polar surface area (TPSA) is 70.5 Å². The highest BCUT2D eigenvalue weighted by atomic mass is 35.5. The minimum atomic E-state index is -0.778. The van der Waals surface area contributed by atoms with Crippen LogP contribution in [0.1, 0.15) is 22.9 Å². The minimum Gasteiger partial charge on any atom is -0.507 e. The first-order chi connectivity index (χ1) is 14.5. The van der Waals surface area contributed by atoms with Crippen molar-refractivity contribution in [2.75, 3.05) is 0 Å². The average Bonchev–Trinajstić information content (AvgIpc) is 3.00. The summed E-state index contributed by atoms with van der Waals surface area (Å²) in [5, 5.41) is 12.0. The molecule has 1 amide bonds. The smallest absolute Gasteiger partial charge is 0.296 e. The van der Waals surface area contributed by atoms with Gasteiger partial charge in [-0.1, -0.05) is 41.4 Å². The Morgan fingerprint density at radius 2 is 1.57 bits per heavy atom. The van der Waals surface area contributed by atoms with E-state index in [1.165, 1.54) is 4.90 Å². The second-order valence-electron chi connectivity index (χ2n) is 6.81. The third-order valence-corrected chi connectivity index (χ3v) is 5.41. The number of Topliss-reactive ketones (excluding diaryl/α,β-unsaturated/α-hetero) is 1. The Hall–Kier alpha value is -3.15. The Balaban J connectivity index is 1.85. The number of aliphatic hydroxyl groups excluding tert-OH is 1. The first-order valence-corrected chi connectivity index (χ1v) is 9.91. The molecule has 1 saturated heterocycles. The van der Waals surface area contributed by atoms with Crippen LogP contribution in [0.2, 0.25) is 10.0 Å². The van der Waals surface area contributed by atoms with Crippen LogP contribution in [-0.4, -0.2) is 26.7 Å². The summed E-state index contributed by atoms with van der Waals surface area (Å²) in [5.41, 5.74) is 1.70. The maximum Gasteiger partial charge on any atom is 0.296 e. The summed E-state index contributed by atoms with van der Waals surface area (Å²) in [6.07, 6.45) is 1.62. The summed E-state index contributed by atoms with van der Waals surface area (Å²) in [4.78, 5) is 31.5. The van der Waals surface area contributed by atoms with Gasteiger partial charge >= 0.3 is 0 Å². The second kappa shape index (κ2) is 8.30. The van der Waals surface area contributed by atoms with Gasteiger partial charge in [-0.3, -0.25) is 14.6 Å². The van der Waals surface area contributed by atoms with Crippen molar-refractivity contribution in [2.45, 2.75) is 12.6 Å². The zero-order chi connectivity index (χ0) is 21.3. The molecule has 150 valence electrons. The number of hydrogen-bond donors (Lipinski definition) is 1. The number of hydrogen-bond acceptors (Lipinski definition) is 4. The average molecular weight is 439 g/mol. The fourth-order valence-electron chi connectivity index (χ4n) is 3.46. The number of carbonyl (C=O) groups is 2. The summed E-state index contributed by atoms with van der Waals surface area (Å²) in [7, 11) is 0. The number of aromatic nitrogens is 1. The third-order valence-electron chi connectivity index (χ3n) is 4.90. The zero-order valence-corrected chi connectivity index (χ0v) is 17.1. The molecule has 1 aromatic heterocycles. The fraction of sp³-hybridized carbons (Fsp3) is 0.0870. The van der Waals surface area contributed by atoms with Crippen LogP contribution in [0, 0.1) is 0 Å². The lowest BCUT2D eigenvalue weighted by Gasteiger charge is -2.25. The largest absolute Gasteiger partial charge is 0.507 e. The molecule has 0 bridgehead atoms. The quantitative estimate of drug-likeness (QED) is 0.353. The molecule has 0 aliphatic carbocycles. The molecule has 0 spiro atoms. The van der Waals surface area contributed by atoms with Crippen molar-refractivity contribution in [1.29, 1.82) is 0 Å². The van der Waals surface area contributed by atoms with Crippen molar-refractivity contribution in [3.05, 3.63) is 105 Å². The number of nitrogens with zero attached hydrogens (tertiary/aromatic N) is 2. The molecule has 0 saturated carbocycles. The minimum absolute atomic E-state index is 0.0144. The monoisotopic (exact) mass is 438 g/mol. The predicted octanol–water partition coefficient (Wildman–Crippen LogP) is 5.01. The Labute approximate surface area is 183 Å². The molecule has 5 nitrogen and oxygen atoms in total. The predicted molar refractivity (Wildman–Crippen MR) is 115 cm³/mol. The number of pyridine rings is 1. The van der Waals surface area contributed by atoms with Crippen LogP contribution in [0.15, 0.2) is 78.5 Å². The van der Waals surface area contributed by atoms with Crippen LogP contribution in [0.4, 0.5) is 0 Å². The van der Waals surface area contributed by atoms with Gasteiger partial charge in [0.05, 0.1) is 23.9 Å². The van der Waals surface area contributed by atoms with Crippen LogP contribution in [0.5, 0.6) is 0 Å². The van der Waals surface area contributed by atoms with Gasteiger partial charge in [0.15, 0.2) is 0 Å². The molecular formula is C23H16Cl2N2O3. The van der Waals surface area contributed by atoms with Crippen molar-refractivity contribution in [3.63, 3.8) is 0 Å². The van der Waals surface area contributed by atoms with Gasteiger partial charge in [-0.05, 0) is 54.1 Å². The van der Waals surface area contributed by atoms with E-state index in [1.807, 2.05) is 6.07 Å². The molecule has 3 aromatic rings. The van der Waals surface area contributed by atoms with E-state index in [2.05, 4.69) is 4.98 Å². The summed E-state index contributed by atoms with van der Waals surface area (Å²) >= 11 is 12.0. The van der Waals surface area contributed by atoms with Crippen LogP contribution in [0.3, 0.4) is 0 Å². The standard InChI is InChI=1S/C23H16Cl2N2O3/c24-16-8-4-14(5-9-16)20-19(21(28)15-6-10-17(25)11-7-15)22(29)23(30)27(20)13-18-3-1-2-12-26-18/h1-12,20,28H,13H2/b21-19+. The summed E-state index contributed by atoms with van der Waals surface area (Å²) < 4.78 is 0. The molecule has 4 rings (SSSR count). The van der Waals surface area contributed by atoms with Crippen LogP contribution >= 0.6 is 23.2 Å². The Kier molecular flexibility index (Phi) is 5.57. The van der Waals surface area contributed by atoms with Gasteiger partial charge in [0.1, 0.15) is 5.76 Å². The maximum atomic E-state index is 13.0. The molecule has 7 heteroatoms. The third kappa shape index (κ3) is 3.82.